The highest BCUT2D eigenvalue weighted by atomic mass is 35.5. The Morgan fingerprint density at radius 2 is 2.00 bits per heavy atom. The molecular weight excluding hydrogens is 324 g/mol. The van der Waals surface area contributed by atoms with Crippen LogP contribution in [0.5, 0.6) is 0 Å². The van der Waals surface area contributed by atoms with Gasteiger partial charge in [0.25, 0.3) is 5.91 Å². The predicted octanol–water partition coefficient (Wildman–Crippen LogP) is 2.04. The fraction of sp³-hybridized carbons (Fsp3) is 0.533. The van der Waals surface area contributed by atoms with Crippen LogP contribution in [0.1, 0.15) is 35.7 Å². The van der Waals surface area contributed by atoms with Gasteiger partial charge < -0.3 is 10.6 Å². The summed E-state index contributed by atoms with van der Waals surface area (Å²) in [6.07, 6.45) is 3.06. The molecule has 22 heavy (non-hydrogen) atoms. The van der Waals surface area contributed by atoms with Crippen molar-refractivity contribution >= 4 is 33.8 Å². The highest BCUT2D eigenvalue weighted by Crippen LogP contribution is 2.31. The molecule has 7 heteroatoms. The van der Waals surface area contributed by atoms with Crippen LogP contribution in [-0.4, -0.2) is 43.3 Å². The van der Waals surface area contributed by atoms with Gasteiger partial charge in [-0.3, -0.25) is 4.79 Å². The first-order chi connectivity index (χ1) is 9.69. The Morgan fingerprint density at radius 1 is 1.41 bits per heavy atom. The van der Waals surface area contributed by atoms with E-state index in [4.69, 9.17) is 5.73 Å². The second kappa shape index (κ2) is 6.87. The van der Waals surface area contributed by atoms with Crippen LogP contribution in [0, 0.1) is 6.92 Å². The van der Waals surface area contributed by atoms with Crippen LogP contribution in [0.2, 0.25) is 0 Å². The molecule has 1 unspecified atom stereocenters. The molecule has 0 radical (unpaired) electrons. The van der Waals surface area contributed by atoms with E-state index in [2.05, 4.69) is 0 Å². The van der Waals surface area contributed by atoms with Crippen molar-refractivity contribution in [2.75, 3.05) is 17.7 Å². The maximum absolute atomic E-state index is 12.8. The second-order valence-electron chi connectivity index (χ2n) is 5.96. The molecule has 0 bridgehead atoms. The van der Waals surface area contributed by atoms with Crippen molar-refractivity contribution in [3.05, 3.63) is 29.3 Å². The van der Waals surface area contributed by atoms with E-state index >= 15 is 0 Å². The molecule has 1 aromatic carbocycles. The molecule has 2 N–H and O–H groups in total. The first-order valence-electron chi connectivity index (χ1n) is 7.05. The summed E-state index contributed by atoms with van der Waals surface area (Å²) < 4.78 is 23.0. The summed E-state index contributed by atoms with van der Waals surface area (Å²) in [5.41, 5.74) is 7.72. The number of rotatable bonds is 5. The lowest BCUT2D eigenvalue weighted by molar-refractivity contribution is 0.0692. The molecule has 1 amide bonds. The minimum absolute atomic E-state index is 0. The second-order valence-corrected chi connectivity index (χ2v) is 8.14. The predicted molar refractivity (Wildman–Crippen MR) is 91.2 cm³/mol. The van der Waals surface area contributed by atoms with Crippen molar-refractivity contribution in [2.24, 2.45) is 0 Å². The Labute approximate surface area is 138 Å². The molecule has 0 heterocycles. The minimum atomic E-state index is -3.13. The molecule has 0 aromatic heterocycles. The third kappa shape index (κ3) is 4.61. The Kier molecular flexibility index (Phi) is 5.87. The highest BCUT2D eigenvalue weighted by Gasteiger charge is 2.37. The van der Waals surface area contributed by atoms with E-state index in [1.54, 1.807) is 24.0 Å². The zero-order valence-corrected chi connectivity index (χ0v) is 14.7. The number of nitrogens with zero attached hydrogens (tertiary/aromatic N) is 1. The summed E-state index contributed by atoms with van der Waals surface area (Å²) in [5, 5.41) is 0. The van der Waals surface area contributed by atoms with E-state index in [1.165, 1.54) is 6.26 Å². The third-order valence-corrected chi connectivity index (χ3v) is 4.77. The maximum Gasteiger partial charge on any atom is 0.254 e. The number of nitrogen functional groups attached to an aromatic ring is 1. The summed E-state index contributed by atoms with van der Waals surface area (Å²) in [7, 11) is -3.13. The van der Waals surface area contributed by atoms with Gasteiger partial charge >= 0.3 is 0 Å². The average Bonchev–Trinajstić information content (AvgIpc) is 3.14. The number of carbonyl (C=O) groups is 1. The van der Waals surface area contributed by atoms with Crippen LogP contribution >= 0.6 is 12.4 Å². The van der Waals surface area contributed by atoms with Gasteiger partial charge in [0.05, 0.1) is 5.75 Å². The van der Waals surface area contributed by atoms with E-state index in [1.807, 2.05) is 13.0 Å². The van der Waals surface area contributed by atoms with Gasteiger partial charge in [0.1, 0.15) is 9.84 Å². The fourth-order valence-corrected chi connectivity index (χ4v) is 3.64. The smallest absolute Gasteiger partial charge is 0.254 e. The molecule has 0 aliphatic heterocycles. The molecule has 1 aromatic rings. The lowest BCUT2D eigenvalue weighted by Gasteiger charge is -2.29. The van der Waals surface area contributed by atoms with Crippen LogP contribution in [0.4, 0.5) is 5.69 Å². The topological polar surface area (TPSA) is 80.5 Å². The van der Waals surface area contributed by atoms with Gasteiger partial charge in [0, 0.05) is 29.6 Å². The SMILES string of the molecule is Cc1ccc(N)cc1C(=O)N(C(C)CS(C)(=O)=O)C1CC1.Cl. The number of hydrogen-bond donors (Lipinski definition) is 1. The lowest BCUT2D eigenvalue weighted by atomic mass is 10.1. The summed E-state index contributed by atoms with van der Waals surface area (Å²) in [6.45, 7) is 3.65. The molecule has 1 saturated carbocycles. The molecule has 124 valence electrons. The molecule has 1 aliphatic carbocycles. The van der Waals surface area contributed by atoms with Gasteiger partial charge in [0.2, 0.25) is 0 Å². The molecule has 0 saturated heterocycles. The first-order valence-corrected chi connectivity index (χ1v) is 9.11. The molecule has 1 aliphatic rings. The van der Waals surface area contributed by atoms with Crippen LogP contribution in [0.25, 0.3) is 0 Å². The number of benzene rings is 1. The van der Waals surface area contributed by atoms with Crippen LogP contribution in [0.15, 0.2) is 18.2 Å². The summed E-state index contributed by atoms with van der Waals surface area (Å²) in [6, 6.07) is 5.05. The van der Waals surface area contributed by atoms with E-state index in [9.17, 15) is 13.2 Å². The van der Waals surface area contributed by atoms with Crippen molar-refractivity contribution in [3.63, 3.8) is 0 Å². The minimum Gasteiger partial charge on any atom is -0.399 e. The van der Waals surface area contributed by atoms with Crippen molar-refractivity contribution in [2.45, 2.75) is 38.8 Å². The zero-order chi connectivity index (χ0) is 15.8. The average molecular weight is 347 g/mol. The quantitative estimate of drug-likeness (QED) is 0.827. The van der Waals surface area contributed by atoms with Gasteiger partial charge in [0.15, 0.2) is 0 Å². The molecular formula is C15H23ClN2O3S. The van der Waals surface area contributed by atoms with Crippen LogP contribution in [0.3, 0.4) is 0 Å². The van der Waals surface area contributed by atoms with E-state index in [0.717, 1.165) is 18.4 Å². The number of aryl methyl sites for hydroxylation is 1. The molecule has 5 nitrogen and oxygen atoms in total. The van der Waals surface area contributed by atoms with Gasteiger partial charge in [-0.1, -0.05) is 6.07 Å². The Morgan fingerprint density at radius 3 is 2.50 bits per heavy atom. The number of sulfone groups is 1. The summed E-state index contributed by atoms with van der Waals surface area (Å²) >= 11 is 0. The van der Waals surface area contributed by atoms with E-state index in [0.29, 0.717) is 11.3 Å². The Bertz CT molecular complexity index is 657. The molecule has 2 rings (SSSR count). The monoisotopic (exact) mass is 346 g/mol. The molecule has 0 spiro atoms. The maximum atomic E-state index is 12.8. The molecule has 1 fully saturated rings. The van der Waals surface area contributed by atoms with Gasteiger partial charge in [-0.25, -0.2) is 8.42 Å². The van der Waals surface area contributed by atoms with Gasteiger partial charge in [-0.2, -0.15) is 0 Å². The van der Waals surface area contributed by atoms with Crippen molar-refractivity contribution < 1.29 is 13.2 Å². The first kappa shape index (κ1) is 18.8. The third-order valence-electron chi connectivity index (χ3n) is 3.69. The van der Waals surface area contributed by atoms with Gasteiger partial charge in [-0.05, 0) is 44.4 Å². The zero-order valence-electron chi connectivity index (χ0n) is 13.1. The lowest BCUT2D eigenvalue weighted by Crippen LogP contribution is -2.44. The Balaban J connectivity index is 0.00000242. The fourth-order valence-electron chi connectivity index (χ4n) is 2.61. The summed E-state index contributed by atoms with van der Waals surface area (Å²) in [5.74, 6) is -0.144. The number of nitrogens with two attached hydrogens (primary N) is 1. The normalized spacial score (nSPS) is 15.8. The number of hydrogen-bond acceptors (Lipinski definition) is 4. The summed E-state index contributed by atoms with van der Waals surface area (Å²) in [4.78, 5) is 14.5. The van der Waals surface area contributed by atoms with E-state index < -0.39 is 9.84 Å². The Hall–Kier alpha value is -1.27. The van der Waals surface area contributed by atoms with Crippen LogP contribution < -0.4 is 5.73 Å². The van der Waals surface area contributed by atoms with Gasteiger partial charge in [-0.15, -0.1) is 12.4 Å². The number of halogens is 1. The van der Waals surface area contributed by atoms with E-state index in [-0.39, 0.29) is 36.2 Å². The number of anilines is 1. The van der Waals surface area contributed by atoms with Crippen LogP contribution in [-0.2, 0) is 9.84 Å². The molecule has 1 atom stereocenters. The largest absolute Gasteiger partial charge is 0.399 e. The highest BCUT2D eigenvalue weighted by molar-refractivity contribution is 7.90. The van der Waals surface area contributed by atoms with Crippen molar-refractivity contribution in [3.8, 4) is 0 Å². The van der Waals surface area contributed by atoms with Crippen molar-refractivity contribution in [1.82, 2.24) is 4.90 Å². The van der Waals surface area contributed by atoms with Crippen molar-refractivity contribution in [1.29, 1.82) is 0 Å². The number of amides is 1. The standard InChI is InChI=1S/C15H22N2O3S.ClH/c1-10-4-5-12(16)8-14(10)15(18)17(13-6-7-13)11(2)9-21(3,19)20;/h4-5,8,11,13H,6-7,9,16H2,1-3H3;1H. The number of carbonyl (C=O) groups excluding carboxylic acids is 1.